The molecule has 7 heteroatoms. The van der Waals surface area contributed by atoms with Gasteiger partial charge in [-0.05, 0) is 44.2 Å². The summed E-state index contributed by atoms with van der Waals surface area (Å²) in [5.74, 6) is -2.07. The van der Waals surface area contributed by atoms with Gasteiger partial charge in [0.25, 0.3) is 5.91 Å². The van der Waals surface area contributed by atoms with Crippen molar-refractivity contribution in [2.45, 2.75) is 32.1 Å². The van der Waals surface area contributed by atoms with E-state index in [1.54, 1.807) is 0 Å². The van der Waals surface area contributed by atoms with Crippen molar-refractivity contribution in [3.05, 3.63) is 45.2 Å². The van der Waals surface area contributed by atoms with Crippen molar-refractivity contribution in [1.29, 1.82) is 0 Å². The highest BCUT2D eigenvalue weighted by Gasteiger charge is 2.16. The Balaban J connectivity index is 1.76. The average Bonchev–Trinajstić information content (AvgIpc) is 2.57. The molecule has 0 spiro atoms. The van der Waals surface area contributed by atoms with Crippen LogP contribution in [-0.2, 0) is 9.53 Å². The molecule has 0 unspecified atom stereocenters. The zero-order valence-corrected chi connectivity index (χ0v) is 14.6. The van der Waals surface area contributed by atoms with Crippen LogP contribution in [0.3, 0.4) is 0 Å². The quantitative estimate of drug-likeness (QED) is 0.459. The van der Waals surface area contributed by atoms with E-state index in [2.05, 4.69) is 11.4 Å². The summed E-state index contributed by atoms with van der Waals surface area (Å²) < 4.78 is 18.2. The highest BCUT2D eigenvalue weighted by molar-refractivity contribution is 6.36. The van der Waals surface area contributed by atoms with Crippen LogP contribution in [0, 0.1) is 5.82 Å². The number of esters is 1. The van der Waals surface area contributed by atoms with E-state index < -0.39 is 24.3 Å². The van der Waals surface area contributed by atoms with Gasteiger partial charge < -0.3 is 10.1 Å². The van der Waals surface area contributed by atoms with Crippen molar-refractivity contribution in [1.82, 2.24) is 5.32 Å². The fraction of sp³-hybridized carbons (Fsp3) is 0.412. The van der Waals surface area contributed by atoms with Crippen LogP contribution in [0.2, 0.25) is 10.0 Å². The van der Waals surface area contributed by atoms with Gasteiger partial charge in [0.2, 0.25) is 0 Å². The largest absolute Gasteiger partial charge is 0.452 e. The second-order valence-electron chi connectivity index (χ2n) is 5.53. The van der Waals surface area contributed by atoms with Crippen molar-refractivity contribution in [3.63, 3.8) is 0 Å². The molecule has 24 heavy (non-hydrogen) atoms. The van der Waals surface area contributed by atoms with Gasteiger partial charge in [-0.2, -0.15) is 0 Å². The monoisotopic (exact) mass is 373 g/mol. The molecule has 130 valence electrons. The molecule has 4 nitrogen and oxygen atoms in total. The first-order valence-corrected chi connectivity index (χ1v) is 8.49. The molecule has 1 aromatic carbocycles. The van der Waals surface area contributed by atoms with Crippen LogP contribution in [-0.4, -0.2) is 25.0 Å². The summed E-state index contributed by atoms with van der Waals surface area (Å²) >= 11 is 11.4. The van der Waals surface area contributed by atoms with E-state index in [0.29, 0.717) is 6.54 Å². The van der Waals surface area contributed by atoms with Crippen LogP contribution in [0.5, 0.6) is 0 Å². The molecule has 0 bridgehead atoms. The Kier molecular flexibility index (Phi) is 7.06. The number of amides is 1. The Morgan fingerprint density at radius 3 is 2.71 bits per heavy atom. The molecule has 0 heterocycles. The van der Waals surface area contributed by atoms with Crippen molar-refractivity contribution >= 4 is 35.1 Å². The molecule has 0 fully saturated rings. The van der Waals surface area contributed by atoms with Gasteiger partial charge in [0.15, 0.2) is 6.61 Å². The maximum atomic E-state index is 13.4. The molecule has 1 N–H and O–H groups in total. The maximum Gasteiger partial charge on any atom is 0.340 e. The van der Waals surface area contributed by atoms with Crippen molar-refractivity contribution in [2.24, 2.45) is 0 Å². The fourth-order valence-corrected chi connectivity index (χ4v) is 2.89. The van der Waals surface area contributed by atoms with Crippen LogP contribution in [0.25, 0.3) is 0 Å². The number of hydrogen-bond donors (Lipinski definition) is 1. The van der Waals surface area contributed by atoms with E-state index in [-0.39, 0.29) is 15.6 Å². The molecule has 0 aromatic heterocycles. The predicted molar refractivity (Wildman–Crippen MR) is 90.9 cm³/mol. The molecule has 0 aliphatic heterocycles. The van der Waals surface area contributed by atoms with Gasteiger partial charge in [-0.15, -0.1) is 0 Å². The lowest BCUT2D eigenvalue weighted by Gasteiger charge is -2.13. The highest BCUT2D eigenvalue weighted by Crippen LogP contribution is 2.25. The normalized spacial score (nSPS) is 14.0. The molecule has 1 aliphatic rings. The van der Waals surface area contributed by atoms with Crippen molar-refractivity contribution in [3.8, 4) is 0 Å². The van der Waals surface area contributed by atoms with E-state index >= 15 is 0 Å². The van der Waals surface area contributed by atoms with Gasteiger partial charge in [-0.25, -0.2) is 9.18 Å². The number of hydrogen-bond acceptors (Lipinski definition) is 3. The molecule has 0 saturated heterocycles. The number of benzene rings is 1. The van der Waals surface area contributed by atoms with E-state index in [0.717, 1.165) is 31.4 Å². The maximum absolute atomic E-state index is 13.4. The van der Waals surface area contributed by atoms with Gasteiger partial charge in [-0.1, -0.05) is 34.9 Å². The molecule has 1 amide bonds. The number of ether oxygens (including phenoxy) is 1. The third kappa shape index (κ3) is 5.49. The van der Waals surface area contributed by atoms with Crippen LogP contribution in [0.4, 0.5) is 4.39 Å². The summed E-state index contributed by atoms with van der Waals surface area (Å²) in [5, 5.41) is 2.47. The Labute approximate surface area is 150 Å². The zero-order valence-electron chi connectivity index (χ0n) is 13.0. The lowest BCUT2D eigenvalue weighted by molar-refractivity contribution is -0.124. The number of rotatable bonds is 6. The van der Waals surface area contributed by atoms with E-state index in [1.165, 1.54) is 18.4 Å². The predicted octanol–water partition coefficient (Wildman–Crippen LogP) is 4.30. The topological polar surface area (TPSA) is 55.4 Å². The smallest absolute Gasteiger partial charge is 0.340 e. The first-order chi connectivity index (χ1) is 11.5. The Morgan fingerprint density at radius 2 is 2.00 bits per heavy atom. The number of halogens is 3. The van der Waals surface area contributed by atoms with Gasteiger partial charge in [0, 0.05) is 6.54 Å². The molecular formula is C17H18Cl2FNO3. The second-order valence-corrected chi connectivity index (χ2v) is 6.34. The highest BCUT2D eigenvalue weighted by atomic mass is 35.5. The van der Waals surface area contributed by atoms with Gasteiger partial charge >= 0.3 is 5.97 Å². The van der Waals surface area contributed by atoms with E-state index in [4.69, 9.17) is 27.9 Å². The SMILES string of the molecule is O=C(COC(=O)c1cc(F)c(Cl)cc1Cl)NCCC1=CCCCC1. The third-order valence-electron chi connectivity index (χ3n) is 3.72. The van der Waals surface area contributed by atoms with E-state index in [9.17, 15) is 14.0 Å². The lowest BCUT2D eigenvalue weighted by atomic mass is 9.97. The fourth-order valence-electron chi connectivity index (χ4n) is 2.43. The summed E-state index contributed by atoms with van der Waals surface area (Å²) in [6.45, 7) is 0.0526. The minimum atomic E-state index is -0.874. The first kappa shape index (κ1) is 18.7. The summed E-state index contributed by atoms with van der Waals surface area (Å²) in [7, 11) is 0. The van der Waals surface area contributed by atoms with Crippen LogP contribution < -0.4 is 5.32 Å². The summed E-state index contributed by atoms with van der Waals surface area (Å²) in [6, 6.07) is 2.01. The summed E-state index contributed by atoms with van der Waals surface area (Å²) in [5.41, 5.74) is 1.18. The summed E-state index contributed by atoms with van der Waals surface area (Å²) in [4.78, 5) is 23.5. The molecule has 0 saturated carbocycles. The molecular weight excluding hydrogens is 356 g/mol. The molecule has 1 aliphatic carbocycles. The van der Waals surface area contributed by atoms with Gasteiger partial charge in [-0.3, -0.25) is 4.79 Å². The van der Waals surface area contributed by atoms with Crippen molar-refractivity contribution in [2.75, 3.05) is 13.2 Å². The first-order valence-electron chi connectivity index (χ1n) is 7.73. The van der Waals surface area contributed by atoms with Gasteiger partial charge in [0.1, 0.15) is 5.82 Å². The zero-order chi connectivity index (χ0) is 17.5. The lowest BCUT2D eigenvalue weighted by Crippen LogP contribution is -2.30. The molecule has 0 radical (unpaired) electrons. The van der Waals surface area contributed by atoms with E-state index in [1.807, 2.05) is 0 Å². The number of nitrogens with one attached hydrogen (secondary N) is 1. The minimum absolute atomic E-state index is 0.0314. The average molecular weight is 374 g/mol. The standard InChI is InChI=1S/C17H18Cl2FNO3/c18-13-9-14(19)15(20)8-12(13)17(23)24-10-16(22)21-7-6-11-4-2-1-3-5-11/h4,8-9H,1-3,5-7,10H2,(H,21,22). The second kappa shape index (κ2) is 9.04. The number of carbonyl (C=O) groups is 2. The van der Waals surface area contributed by atoms with Gasteiger partial charge in [0.05, 0.1) is 15.6 Å². The molecule has 2 rings (SSSR count). The van der Waals surface area contributed by atoms with Crippen LogP contribution >= 0.6 is 23.2 Å². The molecule has 1 aromatic rings. The number of allylic oxidation sites excluding steroid dienone is 1. The number of carbonyl (C=O) groups excluding carboxylic acids is 2. The third-order valence-corrected chi connectivity index (χ3v) is 4.32. The molecule has 0 atom stereocenters. The van der Waals surface area contributed by atoms with Crippen LogP contribution in [0.1, 0.15) is 42.5 Å². The Hall–Kier alpha value is -1.59. The Bertz CT molecular complexity index is 661. The Morgan fingerprint density at radius 1 is 1.21 bits per heavy atom. The van der Waals surface area contributed by atoms with Crippen molar-refractivity contribution < 1.29 is 18.7 Å². The minimum Gasteiger partial charge on any atom is -0.452 e. The van der Waals surface area contributed by atoms with Crippen LogP contribution in [0.15, 0.2) is 23.8 Å². The summed E-state index contributed by atoms with van der Waals surface area (Å²) in [6.07, 6.45) is 7.60.